The zero-order valence-electron chi connectivity index (χ0n) is 20.5. The third-order valence-corrected chi connectivity index (χ3v) is 5.65. The van der Waals surface area contributed by atoms with Crippen LogP contribution in [0.4, 0.5) is 22.7 Å². The average molecular weight is 480 g/mol. The van der Waals surface area contributed by atoms with Gasteiger partial charge in [-0.2, -0.15) is 0 Å². The molecule has 182 valence electrons. The number of carbonyl (C=O) groups excluding carboxylic acids is 2. The quantitative estimate of drug-likeness (QED) is 0.263. The molecule has 0 saturated heterocycles. The van der Waals surface area contributed by atoms with Gasteiger partial charge < -0.3 is 20.7 Å². The van der Waals surface area contributed by atoms with Gasteiger partial charge in [0.2, 0.25) is 0 Å². The third-order valence-electron chi connectivity index (χ3n) is 5.65. The summed E-state index contributed by atoms with van der Waals surface area (Å²) >= 11 is 0. The standard InChI is InChI=1S/C30H29N3O3/c1-20-13-14-21(2)28(19-20)36-22(3)29(34)33-27-12-8-7-11-26(27)30(35)32-25-17-15-24(16-18-25)31-23-9-5-4-6-10-23/h4-19,22,31H,1-3H3,(H,32,35)(H,33,34). The number of amides is 2. The summed E-state index contributed by atoms with van der Waals surface area (Å²) in [4.78, 5) is 25.9. The van der Waals surface area contributed by atoms with Crippen LogP contribution in [0.25, 0.3) is 0 Å². The topological polar surface area (TPSA) is 79.5 Å². The molecule has 6 heteroatoms. The molecule has 4 aromatic rings. The lowest BCUT2D eigenvalue weighted by atomic mass is 10.1. The first-order valence-corrected chi connectivity index (χ1v) is 11.8. The number of benzene rings is 4. The van der Waals surface area contributed by atoms with Gasteiger partial charge in [-0.1, -0.05) is 42.5 Å². The molecular weight excluding hydrogens is 450 g/mol. The van der Waals surface area contributed by atoms with Gasteiger partial charge in [-0.15, -0.1) is 0 Å². The van der Waals surface area contributed by atoms with E-state index in [1.54, 1.807) is 31.2 Å². The minimum Gasteiger partial charge on any atom is -0.481 e. The van der Waals surface area contributed by atoms with Crippen LogP contribution in [0.5, 0.6) is 5.75 Å². The van der Waals surface area contributed by atoms with Crippen molar-refractivity contribution in [3.05, 3.63) is 114 Å². The van der Waals surface area contributed by atoms with Crippen LogP contribution < -0.4 is 20.7 Å². The molecule has 0 saturated carbocycles. The molecular formula is C30H29N3O3. The Labute approximate surface area is 211 Å². The molecule has 0 aliphatic rings. The average Bonchev–Trinajstić information content (AvgIpc) is 2.88. The van der Waals surface area contributed by atoms with Gasteiger partial charge >= 0.3 is 0 Å². The second-order valence-electron chi connectivity index (χ2n) is 8.59. The van der Waals surface area contributed by atoms with E-state index in [1.165, 1.54) is 0 Å². The van der Waals surface area contributed by atoms with E-state index in [1.807, 2.05) is 86.6 Å². The molecule has 0 aliphatic heterocycles. The summed E-state index contributed by atoms with van der Waals surface area (Å²) in [7, 11) is 0. The van der Waals surface area contributed by atoms with E-state index < -0.39 is 6.10 Å². The molecule has 0 fully saturated rings. The SMILES string of the molecule is Cc1ccc(C)c(OC(C)C(=O)Nc2ccccc2C(=O)Nc2ccc(Nc3ccccc3)cc2)c1. The minimum absolute atomic E-state index is 0.322. The number of ether oxygens (including phenoxy) is 1. The van der Waals surface area contributed by atoms with Crippen molar-refractivity contribution in [2.75, 3.05) is 16.0 Å². The Kier molecular flexibility index (Phi) is 7.66. The largest absolute Gasteiger partial charge is 0.481 e. The maximum atomic E-state index is 13.0. The number of carbonyl (C=O) groups is 2. The van der Waals surface area contributed by atoms with Gasteiger partial charge in [0.1, 0.15) is 5.75 Å². The lowest BCUT2D eigenvalue weighted by molar-refractivity contribution is -0.122. The zero-order valence-corrected chi connectivity index (χ0v) is 20.5. The first-order valence-electron chi connectivity index (χ1n) is 11.8. The molecule has 0 spiro atoms. The van der Waals surface area contributed by atoms with Gasteiger partial charge in [-0.25, -0.2) is 0 Å². The van der Waals surface area contributed by atoms with Crippen molar-refractivity contribution in [2.45, 2.75) is 26.9 Å². The van der Waals surface area contributed by atoms with Crippen LogP contribution in [-0.2, 0) is 4.79 Å². The van der Waals surface area contributed by atoms with Gasteiger partial charge in [0.15, 0.2) is 6.10 Å². The van der Waals surface area contributed by atoms with Crippen molar-refractivity contribution in [1.82, 2.24) is 0 Å². The van der Waals surface area contributed by atoms with E-state index in [0.29, 0.717) is 22.7 Å². The molecule has 4 rings (SSSR count). The maximum absolute atomic E-state index is 13.0. The molecule has 36 heavy (non-hydrogen) atoms. The minimum atomic E-state index is -0.744. The van der Waals surface area contributed by atoms with Crippen LogP contribution in [0.3, 0.4) is 0 Å². The Bertz CT molecular complexity index is 1350. The second kappa shape index (κ2) is 11.2. The smallest absolute Gasteiger partial charge is 0.265 e. The number of para-hydroxylation sites is 2. The molecule has 0 aromatic heterocycles. The normalized spacial score (nSPS) is 11.3. The molecule has 0 aliphatic carbocycles. The lowest BCUT2D eigenvalue weighted by Crippen LogP contribution is -2.31. The lowest BCUT2D eigenvalue weighted by Gasteiger charge is -2.18. The van der Waals surface area contributed by atoms with Crippen molar-refractivity contribution < 1.29 is 14.3 Å². The van der Waals surface area contributed by atoms with Gasteiger partial charge in [0.25, 0.3) is 11.8 Å². The van der Waals surface area contributed by atoms with Gasteiger partial charge in [-0.05, 0) is 86.5 Å². The van der Waals surface area contributed by atoms with E-state index in [2.05, 4.69) is 16.0 Å². The van der Waals surface area contributed by atoms with E-state index in [0.717, 1.165) is 22.5 Å². The summed E-state index contributed by atoms with van der Waals surface area (Å²) in [6.07, 6.45) is -0.744. The monoisotopic (exact) mass is 479 g/mol. The van der Waals surface area contributed by atoms with E-state index in [9.17, 15) is 9.59 Å². The molecule has 2 amide bonds. The first kappa shape index (κ1) is 24.5. The molecule has 1 atom stereocenters. The summed E-state index contributed by atoms with van der Waals surface area (Å²) in [5.41, 5.74) is 5.31. The highest BCUT2D eigenvalue weighted by Gasteiger charge is 2.19. The molecule has 4 aromatic carbocycles. The van der Waals surface area contributed by atoms with Gasteiger partial charge in [0.05, 0.1) is 11.3 Å². The summed E-state index contributed by atoms with van der Waals surface area (Å²) in [6.45, 7) is 5.59. The number of aryl methyl sites for hydroxylation is 2. The van der Waals surface area contributed by atoms with Crippen LogP contribution in [0.2, 0.25) is 0 Å². The summed E-state index contributed by atoms with van der Waals surface area (Å²) in [6, 6.07) is 30.0. The Morgan fingerprint density at radius 2 is 1.36 bits per heavy atom. The number of nitrogens with one attached hydrogen (secondary N) is 3. The second-order valence-corrected chi connectivity index (χ2v) is 8.59. The van der Waals surface area contributed by atoms with Crippen LogP contribution >= 0.6 is 0 Å². The summed E-state index contributed by atoms with van der Waals surface area (Å²) in [5.74, 6) is -0.000793. The highest BCUT2D eigenvalue weighted by Crippen LogP contribution is 2.23. The van der Waals surface area contributed by atoms with E-state index in [4.69, 9.17) is 4.74 Å². The summed E-state index contributed by atoms with van der Waals surface area (Å²) in [5, 5.41) is 9.04. The number of hydrogen-bond acceptors (Lipinski definition) is 4. The summed E-state index contributed by atoms with van der Waals surface area (Å²) < 4.78 is 5.89. The predicted molar refractivity (Wildman–Crippen MR) is 145 cm³/mol. The van der Waals surface area contributed by atoms with Crippen molar-refractivity contribution >= 4 is 34.6 Å². The third kappa shape index (κ3) is 6.30. The van der Waals surface area contributed by atoms with E-state index in [-0.39, 0.29) is 11.8 Å². The molecule has 0 heterocycles. The van der Waals surface area contributed by atoms with Crippen molar-refractivity contribution in [3.8, 4) is 5.75 Å². The van der Waals surface area contributed by atoms with Crippen LogP contribution in [0, 0.1) is 13.8 Å². The highest BCUT2D eigenvalue weighted by atomic mass is 16.5. The van der Waals surface area contributed by atoms with Crippen molar-refractivity contribution in [1.29, 1.82) is 0 Å². The molecule has 6 nitrogen and oxygen atoms in total. The fourth-order valence-corrected chi connectivity index (χ4v) is 3.63. The highest BCUT2D eigenvalue weighted by molar-refractivity contribution is 6.10. The molecule has 0 radical (unpaired) electrons. The maximum Gasteiger partial charge on any atom is 0.265 e. The fraction of sp³-hybridized carbons (Fsp3) is 0.133. The number of rotatable bonds is 8. The van der Waals surface area contributed by atoms with E-state index >= 15 is 0 Å². The predicted octanol–water partition coefficient (Wildman–Crippen LogP) is 6.71. The van der Waals surface area contributed by atoms with Crippen LogP contribution in [0.1, 0.15) is 28.4 Å². The van der Waals surface area contributed by atoms with Crippen molar-refractivity contribution in [2.24, 2.45) is 0 Å². The molecule has 3 N–H and O–H groups in total. The van der Waals surface area contributed by atoms with Gasteiger partial charge in [-0.3, -0.25) is 9.59 Å². The van der Waals surface area contributed by atoms with Crippen LogP contribution in [0.15, 0.2) is 97.1 Å². The number of anilines is 4. The Morgan fingerprint density at radius 1 is 0.722 bits per heavy atom. The fourth-order valence-electron chi connectivity index (χ4n) is 3.63. The van der Waals surface area contributed by atoms with Crippen LogP contribution in [-0.4, -0.2) is 17.9 Å². The zero-order chi connectivity index (χ0) is 25.5. The Balaban J connectivity index is 1.40. The van der Waals surface area contributed by atoms with Crippen molar-refractivity contribution in [3.63, 3.8) is 0 Å². The Morgan fingerprint density at radius 3 is 2.11 bits per heavy atom. The van der Waals surface area contributed by atoms with Gasteiger partial charge in [0, 0.05) is 17.1 Å². The first-order chi connectivity index (χ1) is 17.4. The number of hydrogen-bond donors (Lipinski definition) is 3. The molecule has 0 bridgehead atoms. The molecule has 1 unspecified atom stereocenters. The Hall–Kier alpha value is -4.58.